The largest absolute Gasteiger partial charge is 0.475 e. The molecular formula is C25H27ClN2O2S. The summed E-state index contributed by atoms with van der Waals surface area (Å²) in [6.45, 7) is 2.17. The minimum atomic E-state index is 0.0771. The molecule has 2 aliphatic heterocycles. The van der Waals surface area contributed by atoms with Gasteiger partial charge in [0.15, 0.2) is 0 Å². The Morgan fingerprint density at radius 2 is 1.87 bits per heavy atom. The molecule has 0 saturated carbocycles. The number of likely N-dealkylation sites (tertiary alicyclic amines) is 1. The van der Waals surface area contributed by atoms with Crippen LogP contribution in [0.3, 0.4) is 0 Å². The number of amides is 1. The summed E-state index contributed by atoms with van der Waals surface area (Å²) >= 11 is 7.77. The highest BCUT2D eigenvalue weighted by molar-refractivity contribution is 7.98. The molecule has 0 spiro atoms. The van der Waals surface area contributed by atoms with Gasteiger partial charge in [-0.3, -0.25) is 4.79 Å². The highest BCUT2D eigenvalue weighted by atomic mass is 35.5. The molecule has 1 atom stereocenters. The van der Waals surface area contributed by atoms with Crippen LogP contribution in [0.1, 0.15) is 40.7 Å². The van der Waals surface area contributed by atoms with Gasteiger partial charge in [0.2, 0.25) is 5.90 Å². The number of nitrogens with zero attached hydrogens (tertiary/aromatic N) is 2. The van der Waals surface area contributed by atoms with Gasteiger partial charge in [-0.15, -0.1) is 0 Å². The van der Waals surface area contributed by atoms with Crippen molar-refractivity contribution in [1.82, 2.24) is 4.90 Å². The molecule has 0 N–H and O–H groups in total. The van der Waals surface area contributed by atoms with Crippen molar-refractivity contribution in [3.05, 3.63) is 75.8 Å². The van der Waals surface area contributed by atoms with Crippen LogP contribution < -0.4 is 0 Å². The Morgan fingerprint density at radius 3 is 2.55 bits per heavy atom. The second kappa shape index (κ2) is 10.4. The normalized spacial score (nSPS) is 18.5. The van der Waals surface area contributed by atoms with Gasteiger partial charge >= 0.3 is 0 Å². The number of carbonyl (C=O) groups is 1. The van der Waals surface area contributed by atoms with Crippen LogP contribution in [-0.4, -0.2) is 54.5 Å². The molecule has 1 unspecified atom stereocenters. The Labute approximate surface area is 193 Å². The van der Waals surface area contributed by atoms with E-state index in [0.717, 1.165) is 49.6 Å². The summed E-state index contributed by atoms with van der Waals surface area (Å²) in [7, 11) is 0. The summed E-state index contributed by atoms with van der Waals surface area (Å²) in [6, 6.07) is 15.8. The van der Waals surface area contributed by atoms with Gasteiger partial charge in [-0.25, -0.2) is 4.99 Å². The molecule has 6 heteroatoms. The second-order valence-electron chi connectivity index (χ2n) is 7.90. The van der Waals surface area contributed by atoms with Crippen molar-refractivity contribution < 1.29 is 9.53 Å². The highest BCUT2D eigenvalue weighted by Gasteiger charge is 2.21. The number of thioether (sulfide) groups is 1. The second-order valence-corrected chi connectivity index (χ2v) is 9.33. The van der Waals surface area contributed by atoms with Crippen molar-refractivity contribution in [1.29, 1.82) is 0 Å². The molecule has 0 bridgehead atoms. The number of aliphatic imine (C=N–C) groups is 1. The Morgan fingerprint density at radius 1 is 1.16 bits per heavy atom. The monoisotopic (exact) mass is 454 g/mol. The number of hydrogen-bond acceptors (Lipinski definition) is 4. The van der Waals surface area contributed by atoms with Crippen molar-refractivity contribution in [3.8, 4) is 0 Å². The average molecular weight is 455 g/mol. The zero-order valence-corrected chi connectivity index (χ0v) is 19.3. The molecule has 2 aromatic carbocycles. The molecule has 2 aromatic rings. The smallest absolute Gasteiger partial charge is 0.253 e. The topological polar surface area (TPSA) is 41.9 Å². The van der Waals surface area contributed by atoms with Crippen LogP contribution in [0.25, 0.3) is 6.08 Å². The third kappa shape index (κ3) is 5.72. The predicted octanol–water partition coefficient (Wildman–Crippen LogP) is 5.56. The standard InChI is InChI=1S/C25H27ClN2O2S/c1-31-15-12-23-17-30-24(27-23)20-4-2-18(3-5-20)16-19-10-13-28(14-11-19)25(29)21-6-8-22(26)9-7-21/h2-9,16,23H,10-15,17H2,1H3. The van der Waals surface area contributed by atoms with Crippen LogP contribution in [-0.2, 0) is 4.74 Å². The zero-order valence-electron chi connectivity index (χ0n) is 17.7. The van der Waals surface area contributed by atoms with Gasteiger partial charge in [0, 0.05) is 29.2 Å². The molecule has 0 aliphatic carbocycles. The van der Waals surface area contributed by atoms with Crippen molar-refractivity contribution in [2.75, 3.05) is 31.7 Å². The molecule has 1 fully saturated rings. The average Bonchev–Trinajstić information content (AvgIpc) is 3.28. The number of hydrogen-bond donors (Lipinski definition) is 0. The van der Waals surface area contributed by atoms with Gasteiger partial charge in [-0.2, -0.15) is 11.8 Å². The molecular weight excluding hydrogens is 428 g/mol. The Hall–Kier alpha value is -2.24. The molecule has 4 nitrogen and oxygen atoms in total. The van der Waals surface area contributed by atoms with E-state index in [-0.39, 0.29) is 11.9 Å². The van der Waals surface area contributed by atoms with Crippen LogP contribution >= 0.6 is 23.4 Å². The fourth-order valence-electron chi connectivity index (χ4n) is 3.85. The Kier molecular flexibility index (Phi) is 7.36. The lowest BCUT2D eigenvalue weighted by atomic mass is 9.99. The molecule has 1 saturated heterocycles. The van der Waals surface area contributed by atoms with E-state index in [1.807, 2.05) is 16.7 Å². The first-order valence-electron chi connectivity index (χ1n) is 10.7. The van der Waals surface area contributed by atoms with Gasteiger partial charge in [-0.1, -0.05) is 35.4 Å². The number of rotatable bonds is 6. The third-order valence-corrected chi connectivity index (χ3v) is 6.58. The van der Waals surface area contributed by atoms with Crippen molar-refractivity contribution >= 4 is 41.2 Å². The number of ether oxygens (including phenoxy) is 1. The van der Waals surface area contributed by atoms with Crippen LogP contribution in [0.4, 0.5) is 0 Å². The summed E-state index contributed by atoms with van der Waals surface area (Å²) < 4.78 is 5.80. The van der Waals surface area contributed by atoms with Crippen LogP contribution in [0.5, 0.6) is 0 Å². The molecule has 0 radical (unpaired) electrons. The molecule has 0 aromatic heterocycles. The summed E-state index contributed by atoms with van der Waals surface area (Å²) in [5.74, 6) is 1.95. The maximum atomic E-state index is 12.7. The molecule has 162 valence electrons. The van der Waals surface area contributed by atoms with Gasteiger partial charge in [0.25, 0.3) is 5.91 Å². The van der Waals surface area contributed by atoms with Gasteiger partial charge in [-0.05, 0) is 73.2 Å². The van der Waals surface area contributed by atoms with Crippen molar-refractivity contribution in [2.45, 2.75) is 25.3 Å². The first kappa shape index (κ1) is 22.0. The van der Waals surface area contributed by atoms with Crippen LogP contribution in [0, 0.1) is 0 Å². The van der Waals surface area contributed by atoms with E-state index in [9.17, 15) is 4.79 Å². The quantitative estimate of drug-likeness (QED) is 0.574. The van der Waals surface area contributed by atoms with Crippen molar-refractivity contribution in [3.63, 3.8) is 0 Å². The van der Waals surface area contributed by atoms with Gasteiger partial charge in [0.1, 0.15) is 6.61 Å². The van der Waals surface area contributed by atoms with Crippen molar-refractivity contribution in [2.24, 2.45) is 4.99 Å². The number of halogens is 1. The third-order valence-electron chi connectivity index (χ3n) is 5.68. The van der Waals surface area contributed by atoms with E-state index in [1.54, 1.807) is 24.3 Å². The minimum absolute atomic E-state index is 0.0771. The SMILES string of the molecule is CSCCC1COC(c2ccc(C=C3CCN(C(=O)c4ccc(Cl)cc4)CC3)cc2)=N1. The lowest BCUT2D eigenvalue weighted by Crippen LogP contribution is -2.36. The molecule has 2 aliphatic rings. The summed E-state index contributed by atoms with van der Waals surface area (Å²) in [5, 5.41) is 0.647. The number of benzene rings is 2. The number of carbonyl (C=O) groups excluding carboxylic acids is 1. The lowest BCUT2D eigenvalue weighted by Gasteiger charge is -2.28. The Bertz CT molecular complexity index is 960. The first-order valence-corrected chi connectivity index (χ1v) is 12.4. The molecule has 2 heterocycles. The minimum Gasteiger partial charge on any atom is -0.475 e. The van der Waals surface area contributed by atoms with E-state index < -0.39 is 0 Å². The van der Waals surface area contributed by atoms with E-state index >= 15 is 0 Å². The van der Waals surface area contributed by atoms with E-state index in [4.69, 9.17) is 21.3 Å². The molecule has 1 amide bonds. The van der Waals surface area contributed by atoms with Gasteiger partial charge in [0.05, 0.1) is 6.04 Å². The fraction of sp³-hybridized carbons (Fsp3) is 0.360. The number of piperidine rings is 1. The van der Waals surface area contributed by atoms with Gasteiger partial charge < -0.3 is 9.64 Å². The summed E-state index contributed by atoms with van der Waals surface area (Å²) in [5.41, 5.74) is 4.28. The van der Waals surface area contributed by atoms with E-state index in [1.165, 1.54) is 11.1 Å². The first-order chi connectivity index (χ1) is 15.1. The van der Waals surface area contributed by atoms with E-state index in [0.29, 0.717) is 17.2 Å². The predicted molar refractivity (Wildman–Crippen MR) is 130 cm³/mol. The maximum Gasteiger partial charge on any atom is 0.253 e. The van der Waals surface area contributed by atoms with E-state index in [2.05, 4.69) is 36.6 Å². The maximum absolute atomic E-state index is 12.7. The van der Waals surface area contributed by atoms with Crippen LogP contribution in [0.2, 0.25) is 5.02 Å². The summed E-state index contributed by atoms with van der Waals surface area (Å²) in [6.07, 6.45) is 7.22. The van der Waals surface area contributed by atoms with Crippen LogP contribution in [0.15, 0.2) is 59.1 Å². The fourth-order valence-corrected chi connectivity index (χ4v) is 4.48. The molecule has 31 heavy (non-hydrogen) atoms. The highest BCUT2D eigenvalue weighted by Crippen LogP contribution is 2.23. The molecule has 4 rings (SSSR count). The summed E-state index contributed by atoms with van der Waals surface area (Å²) in [4.78, 5) is 19.3. The lowest BCUT2D eigenvalue weighted by molar-refractivity contribution is 0.0744. The zero-order chi connectivity index (χ0) is 21.6. The Balaban J connectivity index is 1.33.